The van der Waals surface area contributed by atoms with E-state index in [9.17, 15) is 4.79 Å². The van der Waals surface area contributed by atoms with Crippen LogP contribution in [0.4, 0.5) is 0 Å². The highest BCUT2D eigenvalue weighted by molar-refractivity contribution is 7.13. The van der Waals surface area contributed by atoms with Crippen LogP contribution in [0.15, 0.2) is 22.0 Å². The van der Waals surface area contributed by atoms with E-state index in [1.807, 2.05) is 17.5 Å². The molecule has 0 unspecified atom stereocenters. The van der Waals surface area contributed by atoms with Crippen molar-refractivity contribution in [3.63, 3.8) is 0 Å². The Balaban J connectivity index is 2.58. The van der Waals surface area contributed by atoms with Gasteiger partial charge in [0, 0.05) is 0 Å². The van der Waals surface area contributed by atoms with Crippen LogP contribution in [0, 0.1) is 0 Å². The molecule has 0 aromatic carbocycles. The van der Waals surface area contributed by atoms with Gasteiger partial charge in [0.1, 0.15) is 11.3 Å². The maximum absolute atomic E-state index is 10.6. The summed E-state index contributed by atoms with van der Waals surface area (Å²) in [6, 6.07) is 3.73. The van der Waals surface area contributed by atoms with Crippen molar-refractivity contribution in [3.05, 3.63) is 28.3 Å². The highest BCUT2D eigenvalue weighted by Gasteiger charge is 2.15. The highest BCUT2D eigenvalue weighted by atomic mass is 35.5. The lowest BCUT2D eigenvalue weighted by Gasteiger charge is -1.87. The van der Waals surface area contributed by atoms with Crippen LogP contribution in [0.1, 0.15) is 10.4 Å². The summed E-state index contributed by atoms with van der Waals surface area (Å²) in [5, 5.41) is 5.64. The second-order valence-corrected chi connectivity index (χ2v) is 3.60. The minimum absolute atomic E-state index is 0.0402. The molecule has 0 aliphatic heterocycles. The zero-order chi connectivity index (χ0) is 9.26. The van der Waals surface area contributed by atoms with E-state index in [-0.39, 0.29) is 5.22 Å². The molecular weight excluding hydrogens is 210 g/mol. The van der Waals surface area contributed by atoms with Gasteiger partial charge in [0.15, 0.2) is 6.29 Å². The Hall–Kier alpha value is -1.13. The van der Waals surface area contributed by atoms with E-state index in [1.165, 1.54) is 11.3 Å². The SMILES string of the molecule is O=Cc1c(-c2cccs2)noc1Cl. The van der Waals surface area contributed by atoms with Crippen molar-refractivity contribution >= 4 is 29.2 Å². The van der Waals surface area contributed by atoms with Crippen molar-refractivity contribution in [1.82, 2.24) is 5.16 Å². The molecule has 0 aliphatic rings. The van der Waals surface area contributed by atoms with E-state index in [4.69, 9.17) is 16.1 Å². The molecule has 66 valence electrons. The zero-order valence-electron chi connectivity index (χ0n) is 6.36. The third-order valence-electron chi connectivity index (χ3n) is 1.56. The molecule has 0 aliphatic carbocycles. The van der Waals surface area contributed by atoms with E-state index in [0.29, 0.717) is 17.5 Å². The fourth-order valence-corrected chi connectivity index (χ4v) is 1.86. The fourth-order valence-electron chi connectivity index (χ4n) is 0.970. The van der Waals surface area contributed by atoms with Crippen LogP contribution in [0.3, 0.4) is 0 Å². The van der Waals surface area contributed by atoms with Gasteiger partial charge in [-0.25, -0.2) is 0 Å². The van der Waals surface area contributed by atoms with Gasteiger partial charge in [0.25, 0.3) is 0 Å². The van der Waals surface area contributed by atoms with E-state index in [1.54, 1.807) is 0 Å². The van der Waals surface area contributed by atoms with Gasteiger partial charge in [-0.15, -0.1) is 11.3 Å². The quantitative estimate of drug-likeness (QED) is 0.721. The van der Waals surface area contributed by atoms with Crippen molar-refractivity contribution in [2.45, 2.75) is 0 Å². The van der Waals surface area contributed by atoms with Crippen molar-refractivity contribution in [1.29, 1.82) is 0 Å². The molecule has 3 nitrogen and oxygen atoms in total. The van der Waals surface area contributed by atoms with Crippen LogP contribution in [-0.2, 0) is 0 Å². The molecule has 0 amide bonds. The lowest BCUT2D eigenvalue weighted by molar-refractivity contribution is 0.112. The summed E-state index contributed by atoms with van der Waals surface area (Å²) < 4.78 is 4.70. The number of carbonyl (C=O) groups excluding carboxylic acids is 1. The van der Waals surface area contributed by atoms with Gasteiger partial charge in [-0.05, 0) is 23.0 Å². The van der Waals surface area contributed by atoms with Crippen LogP contribution in [-0.4, -0.2) is 11.4 Å². The average molecular weight is 214 g/mol. The lowest BCUT2D eigenvalue weighted by Crippen LogP contribution is -1.80. The van der Waals surface area contributed by atoms with Crippen LogP contribution in [0.25, 0.3) is 10.6 Å². The van der Waals surface area contributed by atoms with E-state index in [0.717, 1.165) is 4.88 Å². The average Bonchev–Trinajstić information content (AvgIpc) is 2.71. The van der Waals surface area contributed by atoms with Crippen molar-refractivity contribution < 1.29 is 9.32 Å². The predicted molar refractivity (Wildman–Crippen MR) is 50.2 cm³/mol. The van der Waals surface area contributed by atoms with Crippen LogP contribution >= 0.6 is 22.9 Å². The first kappa shape index (κ1) is 8.47. The smallest absolute Gasteiger partial charge is 0.237 e. The molecule has 0 fully saturated rings. The molecule has 0 radical (unpaired) electrons. The largest absolute Gasteiger partial charge is 0.343 e. The minimum atomic E-state index is 0.0402. The molecule has 0 saturated carbocycles. The molecule has 2 heterocycles. The van der Waals surface area contributed by atoms with Gasteiger partial charge >= 0.3 is 0 Å². The molecule has 13 heavy (non-hydrogen) atoms. The Labute approximate surface area is 82.9 Å². The van der Waals surface area contributed by atoms with Gasteiger partial charge in [-0.3, -0.25) is 4.79 Å². The number of carbonyl (C=O) groups is 1. The normalized spacial score (nSPS) is 10.2. The molecule has 5 heteroatoms. The third-order valence-corrected chi connectivity index (χ3v) is 2.71. The number of aromatic nitrogens is 1. The van der Waals surface area contributed by atoms with Gasteiger partial charge < -0.3 is 4.52 Å². The molecule has 0 bridgehead atoms. The monoisotopic (exact) mass is 213 g/mol. The topological polar surface area (TPSA) is 43.1 Å². The second-order valence-electron chi connectivity index (χ2n) is 2.31. The summed E-state index contributed by atoms with van der Waals surface area (Å²) in [4.78, 5) is 11.5. The summed E-state index contributed by atoms with van der Waals surface area (Å²) in [5.41, 5.74) is 0.819. The first-order chi connectivity index (χ1) is 6.33. The third kappa shape index (κ3) is 1.38. The van der Waals surface area contributed by atoms with Gasteiger partial charge in [-0.1, -0.05) is 11.2 Å². The Morgan fingerprint density at radius 2 is 2.46 bits per heavy atom. The minimum Gasteiger partial charge on any atom is -0.343 e. The van der Waals surface area contributed by atoms with Gasteiger partial charge in [0.05, 0.1) is 4.88 Å². The second kappa shape index (κ2) is 3.32. The number of aldehydes is 1. The molecule has 2 rings (SSSR count). The Morgan fingerprint density at radius 3 is 3.08 bits per heavy atom. The summed E-state index contributed by atoms with van der Waals surface area (Å²) in [6.07, 6.45) is 0.647. The highest BCUT2D eigenvalue weighted by Crippen LogP contribution is 2.29. The van der Waals surface area contributed by atoms with Gasteiger partial charge in [-0.2, -0.15) is 0 Å². The molecular formula is C8H4ClNO2S. The summed E-state index contributed by atoms with van der Waals surface area (Å²) in [6.45, 7) is 0. The van der Waals surface area contributed by atoms with E-state index < -0.39 is 0 Å². The Morgan fingerprint density at radius 1 is 1.62 bits per heavy atom. The van der Waals surface area contributed by atoms with Crippen LogP contribution in [0.2, 0.25) is 5.22 Å². The molecule has 0 N–H and O–H groups in total. The first-order valence-corrected chi connectivity index (χ1v) is 4.73. The molecule has 2 aromatic heterocycles. The maximum Gasteiger partial charge on any atom is 0.237 e. The molecule has 0 atom stereocenters. The number of nitrogens with zero attached hydrogens (tertiary/aromatic N) is 1. The fraction of sp³-hybridized carbons (Fsp3) is 0. The Kier molecular flexibility index (Phi) is 2.16. The molecule has 0 spiro atoms. The Bertz CT molecular complexity index is 421. The number of rotatable bonds is 2. The van der Waals surface area contributed by atoms with Crippen molar-refractivity contribution in [3.8, 4) is 10.6 Å². The van der Waals surface area contributed by atoms with Crippen LogP contribution < -0.4 is 0 Å². The molecule has 2 aromatic rings. The van der Waals surface area contributed by atoms with Gasteiger partial charge in [0.2, 0.25) is 5.22 Å². The van der Waals surface area contributed by atoms with Crippen LogP contribution in [0.5, 0.6) is 0 Å². The first-order valence-electron chi connectivity index (χ1n) is 3.47. The standard InChI is InChI=1S/C8H4ClNO2S/c9-8-5(4-11)7(10-12-8)6-2-1-3-13-6/h1-4H. The predicted octanol–water partition coefficient (Wildman–Crippen LogP) is 2.87. The lowest BCUT2D eigenvalue weighted by atomic mass is 10.2. The number of hydrogen-bond donors (Lipinski definition) is 0. The maximum atomic E-state index is 10.6. The molecule has 0 saturated heterocycles. The number of hydrogen-bond acceptors (Lipinski definition) is 4. The summed E-state index contributed by atoms with van der Waals surface area (Å²) in [7, 11) is 0. The zero-order valence-corrected chi connectivity index (χ0v) is 7.93. The summed E-state index contributed by atoms with van der Waals surface area (Å²) >= 11 is 7.09. The van der Waals surface area contributed by atoms with Crippen molar-refractivity contribution in [2.75, 3.05) is 0 Å². The van der Waals surface area contributed by atoms with E-state index >= 15 is 0 Å². The number of halogens is 1. The summed E-state index contributed by atoms with van der Waals surface area (Å²) in [5.74, 6) is 0. The van der Waals surface area contributed by atoms with Crippen molar-refractivity contribution in [2.24, 2.45) is 0 Å². The van der Waals surface area contributed by atoms with E-state index in [2.05, 4.69) is 5.16 Å². The number of thiophene rings is 1.